The molecule has 1 aromatic rings. The molecule has 0 aromatic carbocycles. The van der Waals surface area contributed by atoms with E-state index in [9.17, 15) is 0 Å². The molecule has 1 aliphatic heterocycles. The molecule has 0 bridgehead atoms. The number of nitrogens with zero attached hydrogens (tertiary/aromatic N) is 3. The highest BCUT2D eigenvalue weighted by molar-refractivity contribution is 6.31. The summed E-state index contributed by atoms with van der Waals surface area (Å²) in [5.74, 6) is 1.54. The first-order valence-corrected chi connectivity index (χ1v) is 8.50. The maximum Gasteiger partial charge on any atom is 0.0860 e. The fourth-order valence-corrected chi connectivity index (χ4v) is 3.69. The molecule has 1 aliphatic carbocycles. The number of hydrogen-bond donors (Lipinski definition) is 1. The van der Waals surface area contributed by atoms with Gasteiger partial charge in [0.15, 0.2) is 0 Å². The summed E-state index contributed by atoms with van der Waals surface area (Å²) >= 11 is 6.45. The van der Waals surface area contributed by atoms with Gasteiger partial charge in [0, 0.05) is 38.8 Å². The second-order valence-corrected chi connectivity index (χ2v) is 7.44. The van der Waals surface area contributed by atoms with Crippen LogP contribution in [0.15, 0.2) is 0 Å². The summed E-state index contributed by atoms with van der Waals surface area (Å²) in [6.45, 7) is 9.73. The predicted octanol–water partition coefficient (Wildman–Crippen LogP) is 2.59. The number of rotatable bonds is 4. The van der Waals surface area contributed by atoms with Gasteiger partial charge in [-0.3, -0.25) is 9.58 Å². The third-order valence-corrected chi connectivity index (χ3v) is 5.57. The standard InChI is InChI=1S/C16H27ClN4/c1-10(2)13-8-21(14(7-18-13)12-5-6-12)9-15-16(17)11(3)19-20(15)4/h10,12-14,18H,5-9H2,1-4H3. The molecule has 1 saturated heterocycles. The number of aromatic nitrogens is 2. The molecule has 1 saturated carbocycles. The van der Waals surface area contributed by atoms with E-state index in [1.165, 1.54) is 12.8 Å². The summed E-state index contributed by atoms with van der Waals surface area (Å²) in [6, 6.07) is 1.24. The van der Waals surface area contributed by atoms with Gasteiger partial charge in [0.1, 0.15) is 0 Å². The minimum atomic E-state index is 0.577. The Labute approximate surface area is 132 Å². The highest BCUT2D eigenvalue weighted by atomic mass is 35.5. The van der Waals surface area contributed by atoms with Crippen LogP contribution in [0.4, 0.5) is 0 Å². The van der Waals surface area contributed by atoms with E-state index in [0.717, 1.165) is 42.0 Å². The van der Waals surface area contributed by atoms with Crippen molar-refractivity contribution >= 4 is 11.6 Å². The molecule has 2 aliphatic rings. The van der Waals surface area contributed by atoms with Gasteiger partial charge in [-0.15, -0.1) is 0 Å². The Hall–Kier alpha value is -0.580. The van der Waals surface area contributed by atoms with Crippen molar-refractivity contribution in [3.63, 3.8) is 0 Å². The highest BCUT2D eigenvalue weighted by Crippen LogP contribution is 2.37. The quantitative estimate of drug-likeness (QED) is 0.928. The minimum absolute atomic E-state index is 0.577. The molecule has 1 N–H and O–H groups in total. The zero-order chi connectivity index (χ0) is 15.1. The van der Waals surface area contributed by atoms with Crippen LogP contribution in [0.25, 0.3) is 0 Å². The van der Waals surface area contributed by atoms with E-state index >= 15 is 0 Å². The maximum absolute atomic E-state index is 6.45. The Morgan fingerprint density at radius 3 is 2.62 bits per heavy atom. The summed E-state index contributed by atoms with van der Waals surface area (Å²) in [5.41, 5.74) is 2.09. The van der Waals surface area contributed by atoms with Crippen LogP contribution in [-0.4, -0.2) is 39.9 Å². The van der Waals surface area contributed by atoms with E-state index in [0.29, 0.717) is 18.0 Å². The van der Waals surface area contributed by atoms with Crippen LogP contribution in [0.1, 0.15) is 38.1 Å². The Kier molecular flexibility index (Phi) is 4.30. The van der Waals surface area contributed by atoms with E-state index in [1.807, 2.05) is 18.7 Å². The molecular weight excluding hydrogens is 284 g/mol. The van der Waals surface area contributed by atoms with Gasteiger partial charge < -0.3 is 5.32 Å². The van der Waals surface area contributed by atoms with Crippen molar-refractivity contribution in [1.82, 2.24) is 20.0 Å². The van der Waals surface area contributed by atoms with Crippen molar-refractivity contribution in [2.24, 2.45) is 18.9 Å². The molecule has 2 atom stereocenters. The lowest BCUT2D eigenvalue weighted by molar-refractivity contribution is 0.0903. The molecular formula is C16H27ClN4. The largest absolute Gasteiger partial charge is 0.311 e. The summed E-state index contributed by atoms with van der Waals surface area (Å²) in [4.78, 5) is 2.64. The van der Waals surface area contributed by atoms with Crippen molar-refractivity contribution in [3.8, 4) is 0 Å². The third kappa shape index (κ3) is 3.13. The summed E-state index contributed by atoms with van der Waals surface area (Å²) in [5, 5.41) is 9.04. The van der Waals surface area contributed by atoms with Gasteiger partial charge in [-0.1, -0.05) is 25.4 Å². The van der Waals surface area contributed by atoms with Crippen LogP contribution in [0.3, 0.4) is 0 Å². The fraction of sp³-hybridized carbons (Fsp3) is 0.812. The van der Waals surface area contributed by atoms with Gasteiger partial charge in [-0.2, -0.15) is 5.10 Å². The lowest BCUT2D eigenvalue weighted by Gasteiger charge is -2.42. The number of hydrogen-bond acceptors (Lipinski definition) is 3. The van der Waals surface area contributed by atoms with Gasteiger partial charge in [0.2, 0.25) is 0 Å². The van der Waals surface area contributed by atoms with Gasteiger partial charge in [-0.05, 0) is 31.6 Å². The van der Waals surface area contributed by atoms with Crippen LogP contribution in [0.5, 0.6) is 0 Å². The summed E-state index contributed by atoms with van der Waals surface area (Å²) < 4.78 is 1.95. The summed E-state index contributed by atoms with van der Waals surface area (Å²) in [6.07, 6.45) is 2.76. The number of piperazine rings is 1. The van der Waals surface area contributed by atoms with Gasteiger partial charge >= 0.3 is 0 Å². The van der Waals surface area contributed by atoms with Crippen LogP contribution in [-0.2, 0) is 13.6 Å². The molecule has 2 unspecified atom stereocenters. The third-order valence-electron chi connectivity index (χ3n) is 5.07. The van der Waals surface area contributed by atoms with E-state index < -0.39 is 0 Å². The summed E-state index contributed by atoms with van der Waals surface area (Å²) in [7, 11) is 2.00. The normalized spacial score (nSPS) is 27.5. The molecule has 2 heterocycles. The van der Waals surface area contributed by atoms with Crippen LogP contribution >= 0.6 is 11.6 Å². The molecule has 3 rings (SSSR count). The van der Waals surface area contributed by atoms with Gasteiger partial charge in [0.05, 0.1) is 16.4 Å². The van der Waals surface area contributed by atoms with E-state index in [1.54, 1.807) is 0 Å². The lowest BCUT2D eigenvalue weighted by Crippen LogP contribution is -2.58. The topological polar surface area (TPSA) is 33.1 Å². The second kappa shape index (κ2) is 5.90. The molecule has 5 heteroatoms. The molecule has 0 radical (unpaired) electrons. The number of aryl methyl sites for hydroxylation is 2. The first-order valence-electron chi connectivity index (χ1n) is 8.12. The van der Waals surface area contributed by atoms with Crippen LogP contribution in [0, 0.1) is 18.8 Å². The van der Waals surface area contributed by atoms with Crippen molar-refractivity contribution in [2.45, 2.75) is 52.2 Å². The molecule has 1 aromatic heterocycles. The van der Waals surface area contributed by atoms with Crippen molar-refractivity contribution in [3.05, 3.63) is 16.4 Å². The zero-order valence-electron chi connectivity index (χ0n) is 13.6. The molecule has 21 heavy (non-hydrogen) atoms. The predicted molar refractivity (Wildman–Crippen MR) is 86.5 cm³/mol. The van der Waals surface area contributed by atoms with E-state index in [4.69, 9.17) is 11.6 Å². The monoisotopic (exact) mass is 310 g/mol. The van der Waals surface area contributed by atoms with Crippen LogP contribution in [0.2, 0.25) is 5.02 Å². The Balaban J connectivity index is 1.78. The minimum Gasteiger partial charge on any atom is -0.311 e. The Bertz CT molecular complexity index is 507. The Morgan fingerprint density at radius 1 is 1.38 bits per heavy atom. The maximum atomic E-state index is 6.45. The Morgan fingerprint density at radius 2 is 2.10 bits per heavy atom. The first-order chi connectivity index (χ1) is 9.97. The lowest BCUT2D eigenvalue weighted by atomic mass is 9.97. The van der Waals surface area contributed by atoms with Gasteiger partial charge in [0.25, 0.3) is 0 Å². The van der Waals surface area contributed by atoms with Crippen molar-refractivity contribution in [1.29, 1.82) is 0 Å². The number of halogens is 1. The average Bonchev–Trinajstić information content (AvgIpc) is 3.24. The smallest absolute Gasteiger partial charge is 0.0860 e. The van der Waals surface area contributed by atoms with E-state index in [-0.39, 0.29) is 0 Å². The average molecular weight is 311 g/mol. The zero-order valence-corrected chi connectivity index (χ0v) is 14.3. The molecule has 0 spiro atoms. The number of nitrogens with one attached hydrogen (secondary N) is 1. The molecule has 118 valence electrons. The highest BCUT2D eigenvalue weighted by Gasteiger charge is 2.39. The van der Waals surface area contributed by atoms with Gasteiger partial charge in [-0.25, -0.2) is 0 Å². The fourth-order valence-electron chi connectivity index (χ4n) is 3.47. The molecule has 4 nitrogen and oxygen atoms in total. The second-order valence-electron chi connectivity index (χ2n) is 7.06. The van der Waals surface area contributed by atoms with Crippen molar-refractivity contribution < 1.29 is 0 Å². The molecule has 2 fully saturated rings. The van der Waals surface area contributed by atoms with Crippen LogP contribution < -0.4 is 5.32 Å². The first kappa shape index (κ1) is 15.3. The van der Waals surface area contributed by atoms with Crippen molar-refractivity contribution in [2.75, 3.05) is 13.1 Å². The van der Waals surface area contributed by atoms with E-state index in [2.05, 4.69) is 29.2 Å². The molecule has 0 amide bonds. The SMILES string of the molecule is Cc1nn(C)c(CN2CC(C(C)C)NCC2C2CC2)c1Cl.